The molecule has 0 atom stereocenters. The summed E-state index contributed by atoms with van der Waals surface area (Å²) in [6, 6.07) is 28.6. The smallest absolute Gasteiger partial charge is 0.162 e. The molecular formula is C42H31Cl2N3O4. The Bertz CT molecular complexity index is 2210. The van der Waals surface area contributed by atoms with Crippen molar-refractivity contribution >= 4 is 46.1 Å². The van der Waals surface area contributed by atoms with E-state index in [1.807, 2.05) is 84.9 Å². The Balaban J connectivity index is 1.48. The lowest BCUT2D eigenvalue weighted by Crippen LogP contribution is -1.97. The lowest BCUT2D eigenvalue weighted by atomic mass is 10.0. The van der Waals surface area contributed by atoms with Gasteiger partial charge in [0.05, 0.1) is 22.9 Å². The number of ether oxygens (including phenoxy) is 4. The number of methoxy groups -OCH3 is 1. The molecule has 51 heavy (non-hydrogen) atoms. The highest BCUT2D eigenvalue weighted by Gasteiger charge is 2.22. The number of benzene rings is 4. The molecule has 6 rings (SSSR count). The number of hydrogen-bond donors (Lipinski definition) is 1. The number of halogens is 2. The molecular weight excluding hydrogens is 681 g/mol. The van der Waals surface area contributed by atoms with E-state index in [0.717, 1.165) is 50.5 Å². The van der Waals surface area contributed by atoms with Crippen LogP contribution < -0.4 is 18.9 Å². The van der Waals surface area contributed by atoms with Crippen LogP contribution >= 0.6 is 23.2 Å². The summed E-state index contributed by atoms with van der Waals surface area (Å²) in [4.78, 5) is 13.7. The maximum atomic E-state index is 6.64. The second kappa shape index (κ2) is 16.1. The number of nitrogens with one attached hydrogen (secondary N) is 1. The largest absolute Gasteiger partial charge is 0.497 e. The average molecular weight is 713 g/mol. The molecule has 5 aromatic rings. The van der Waals surface area contributed by atoms with Gasteiger partial charge >= 0.3 is 0 Å². The van der Waals surface area contributed by atoms with Gasteiger partial charge in [0.1, 0.15) is 42.9 Å². The fourth-order valence-electron chi connectivity index (χ4n) is 5.34. The minimum Gasteiger partial charge on any atom is -0.497 e. The molecule has 0 amide bonds. The van der Waals surface area contributed by atoms with Crippen molar-refractivity contribution in [3.63, 3.8) is 0 Å². The van der Waals surface area contributed by atoms with Gasteiger partial charge in [-0.25, -0.2) is 9.98 Å². The summed E-state index contributed by atoms with van der Waals surface area (Å²) in [5.41, 5.74) is 6.53. The minimum absolute atomic E-state index is 0.168. The van der Waals surface area contributed by atoms with Crippen molar-refractivity contribution in [2.75, 3.05) is 26.9 Å². The van der Waals surface area contributed by atoms with E-state index in [-0.39, 0.29) is 19.8 Å². The summed E-state index contributed by atoms with van der Waals surface area (Å²) in [6.45, 7) is 4.31. The Morgan fingerprint density at radius 2 is 1.33 bits per heavy atom. The highest BCUT2D eigenvalue weighted by molar-refractivity contribution is 6.38. The summed E-state index contributed by atoms with van der Waals surface area (Å²) in [6.07, 6.45) is 14.4. The number of rotatable bonds is 13. The van der Waals surface area contributed by atoms with E-state index in [1.54, 1.807) is 25.3 Å². The lowest BCUT2D eigenvalue weighted by molar-refractivity contribution is 0.363. The first kappa shape index (κ1) is 34.7. The van der Waals surface area contributed by atoms with Gasteiger partial charge < -0.3 is 23.9 Å². The van der Waals surface area contributed by atoms with Crippen LogP contribution in [0.3, 0.4) is 0 Å². The first-order valence-corrected chi connectivity index (χ1v) is 16.5. The van der Waals surface area contributed by atoms with E-state index in [9.17, 15) is 0 Å². The van der Waals surface area contributed by atoms with E-state index >= 15 is 0 Å². The van der Waals surface area contributed by atoms with Crippen LogP contribution in [0.4, 0.5) is 5.82 Å². The number of H-pyrrole nitrogens is 1. The van der Waals surface area contributed by atoms with Gasteiger partial charge in [-0.05, 0) is 83.9 Å². The van der Waals surface area contributed by atoms with Gasteiger partial charge in [0.25, 0.3) is 0 Å². The second-order valence-electron chi connectivity index (χ2n) is 11.1. The zero-order chi connectivity index (χ0) is 35.7. The van der Waals surface area contributed by atoms with Gasteiger partial charge in [-0.15, -0.1) is 12.8 Å². The van der Waals surface area contributed by atoms with Gasteiger partial charge in [0, 0.05) is 28.0 Å². The summed E-state index contributed by atoms with van der Waals surface area (Å²) in [5.74, 6) is 8.50. The summed E-state index contributed by atoms with van der Waals surface area (Å²) in [7, 11) is 1.63. The predicted octanol–water partition coefficient (Wildman–Crippen LogP) is 9.87. The number of aliphatic imine (C=N–C) groups is 2. The molecule has 1 N–H and O–H groups in total. The molecule has 0 spiro atoms. The first-order valence-electron chi connectivity index (χ1n) is 15.7. The Morgan fingerprint density at radius 3 is 1.90 bits per heavy atom. The van der Waals surface area contributed by atoms with Gasteiger partial charge in [-0.3, -0.25) is 0 Å². The Hall–Kier alpha value is -6.12. The van der Waals surface area contributed by atoms with Crippen molar-refractivity contribution in [2.45, 2.75) is 0 Å². The first-order chi connectivity index (χ1) is 24.9. The molecule has 1 aromatic heterocycles. The van der Waals surface area contributed by atoms with Crippen LogP contribution in [0.25, 0.3) is 28.0 Å². The Kier molecular flexibility index (Phi) is 10.9. The second-order valence-corrected chi connectivity index (χ2v) is 11.9. The summed E-state index contributed by atoms with van der Waals surface area (Å²) >= 11 is 13.3. The van der Waals surface area contributed by atoms with Gasteiger partial charge in [0.2, 0.25) is 0 Å². The third-order valence-corrected chi connectivity index (χ3v) is 8.34. The van der Waals surface area contributed by atoms with Crippen LogP contribution in [0.2, 0.25) is 10.0 Å². The van der Waals surface area contributed by atoms with Crippen molar-refractivity contribution in [3.05, 3.63) is 131 Å². The summed E-state index contributed by atoms with van der Waals surface area (Å²) < 4.78 is 22.3. The van der Waals surface area contributed by atoms with Crippen LogP contribution in [-0.4, -0.2) is 43.5 Å². The van der Waals surface area contributed by atoms with Crippen molar-refractivity contribution in [1.29, 1.82) is 0 Å². The number of allylic oxidation sites excluding steroid dienone is 1. The highest BCUT2D eigenvalue weighted by Crippen LogP contribution is 2.41. The normalized spacial score (nSPS) is 12.8. The molecule has 1 aliphatic rings. The van der Waals surface area contributed by atoms with Crippen LogP contribution in [0, 0.1) is 24.7 Å². The number of amidine groups is 1. The Morgan fingerprint density at radius 1 is 0.765 bits per heavy atom. The number of hydrogen-bond acceptors (Lipinski definition) is 5. The monoisotopic (exact) mass is 711 g/mol. The maximum absolute atomic E-state index is 6.64. The molecule has 0 saturated heterocycles. The van der Waals surface area contributed by atoms with Crippen LogP contribution in [-0.2, 0) is 0 Å². The number of terminal acetylenes is 2. The standard InChI is InChI=1S/C42H31Cl2N3O4/c1-5-20-49-32-16-8-27(9-17-32)34-25-38(29-12-14-31(48-4)15-13-29)45-41(34)47-42-35(28-10-18-33(19-11-28)50-21-6-2)26-39(46-42)30-23-36(43)40(37(44)24-30)51-22-7-3/h1-2,7-19,23-26,46H,3,20-22H2,4H3/b47-41-. The van der Waals surface area contributed by atoms with E-state index in [0.29, 0.717) is 38.9 Å². The number of nitrogens with zero attached hydrogens (tertiary/aromatic N) is 2. The highest BCUT2D eigenvalue weighted by atomic mass is 35.5. The van der Waals surface area contributed by atoms with E-state index in [1.165, 1.54) is 0 Å². The summed E-state index contributed by atoms with van der Waals surface area (Å²) in [5, 5.41) is 0.727. The number of aromatic amines is 1. The Labute approximate surface area is 306 Å². The molecule has 0 aliphatic carbocycles. The third kappa shape index (κ3) is 8.03. The zero-order valence-electron chi connectivity index (χ0n) is 27.6. The molecule has 0 unspecified atom stereocenters. The van der Waals surface area contributed by atoms with Gasteiger partial charge in [0.15, 0.2) is 11.6 Å². The van der Waals surface area contributed by atoms with Crippen LogP contribution in [0.1, 0.15) is 11.1 Å². The van der Waals surface area contributed by atoms with Gasteiger partial charge in [-0.2, -0.15) is 0 Å². The average Bonchev–Trinajstić information content (AvgIpc) is 3.78. The van der Waals surface area contributed by atoms with Crippen molar-refractivity contribution < 1.29 is 18.9 Å². The van der Waals surface area contributed by atoms with Gasteiger partial charge in [-0.1, -0.05) is 72.0 Å². The minimum atomic E-state index is 0.168. The molecule has 7 nitrogen and oxygen atoms in total. The molecule has 9 heteroatoms. The fourth-order valence-corrected chi connectivity index (χ4v) is 5.93. The fraction of sp³-hybridized carbons (Fsp3) is 0.0952. The molecule has 0 saturated carbocycles. The van der Waals surface area contributed by atoms with E-state index in [4.69, 9.17) is 65.0 Å². The lowest BCUT2D eigenvalue weighted by Gasteiger charge is -2.10. The SMILES string of the molecule is C#CCOc1ccc(C2=CC(c3ccc(OC)cc3)=N/C2=N\c2[nH]c(-c3cc(Cl)c(OCC=C)c(Cl)c3)cc2-c2ccc(OCC#C)cc2)cc1. The van der Waals surface area contributed by atoms with Crippen molar-refractivity contribution in [1.82, 2.24) is 4.98 Å². The number of aromatic nitrogens is 1. The van der Waals surface area contributed by atoms with Crippen molar-refractivity contribution in [3.8, 4) is 70.1 Å². The quantitative estimate of drug-likeness (QED) is 0.0974. The zero-order valence-corrected chi connectivity index (χ0v) is 29.1. The molecule has 0 bridgehead atoms. The van der Waals surface area contributed by atoms with Crippen LogP contribution in [0.5, 0.6) is 23.0 Å². The molecule has 252 valence electrons. The maximum Gasteiger partial charge on any atom is 0.162 e. The van der Waals surface area contributed by atoms with Crippen LogP contribution in [0.15, 0.2) is 120 Å². The predicted molar refractivity (Wildman–Crippen MR) is 207 cm³/mol. The molecule has 0 radical (unpaired) electrons. The molecule has 2 heterocycles. The molecule has 0 fully saturated rings. The topological polar surface area (TPSA) is 77.4 Å². The van der Waals surface area contributed by atoms with E-state index in [2.05, 4.69) is 23.4 Å². The third-order valence-electron chi connectivity index (χ3n) is 7.78. The molecule has 4 aromatic carbocycles. The molecule has 1 aliphatic heterocycles. The van der Waals surface area contributed by atoms with Crippen molar-refractivity contribution in [2.24, 2.45) is 9.98 Å². The van der Waals surface area contributed by atoms with E-state index < -0.39 is 0 Å².